The van der Waals surface area contributed by atoms with E-state index >= 15 is 0 Å². The highest BCUT2D eigenvalue weighted by atomic mass is 19.1. The first kappa shape index (κ1) is 14.5. The predicted molar refractivity (Wildman–Crippen MR) is 75.8 cm³/mol. The van der Waals surface area contributed by atoms with Crippen molar-refractivity contribution in [2.45, 2.75) is 44.4 Å². The van der Waals surface area contributed by atoms with Gasteiger partial charge in [-0.25, -0.2) is 9.18 Å². The Hall–Kier alpha value is -1.46. The van der Waals surface area contributed by atoms with Crippen LogP contribution in [-0.2, 0) is 11.3 Å². The van der Waals surface area contributed by atoms with Crippen molar-refractivity contribution < 1.29 is 19.0 Å². The van der Waals surface area contributed by atoms with E-state index in [1.54, 1.807) is 6.07 Å². The Morgan fingerprint density at radius 1 is 1.38 bits per heavy atom. The molecule has 21 heavy (non-hydrogen) atoms. The summed E-state index contributed by atoms with van der Waals surface area (Å²) in [6, 6.07) is 4.82. The molecular weight excluding hydrogens is 273 g/mol. The van der Waals surface area contributed by atoms with Crippen molar-refractivity contribution in [3.8, 4) is 0 Å². The van der Waals surface area contributed by atoms with Crippen molar-refractivity contribution >= 4 is 5.97 Å². The number of hydrogen-bond donors (Lipinski definition) is 1. The topological polar surface area (TPSA) is 49.8 Å². The molecule has 1 saturated heterocycles. The van der Waals surface area contributed by atoms with E-state index in [1.807, 2.05) is 0 Å². The Balaban J connectivity index is 1.73. The minimum absolute atomic E-state index is 0.267. The zero-order valence-corrected chi connectivity index (χ0v) is 11.9. The molecule has 2 aliphatic rings. The number of carboxylic acids is 1. The summed E-state index contributed by atoms with van der Waals surface area (Å²) in [5.41, 5.74) is 0.556. The van der Waals surface area contributed by atoms with E-state index in [2.05, 4.69) is 4.90 Å². The van der Waals surface area contributed by atoms with E-state index in [1.165, 1.54) is 25.0 Å². The number of halogens is 1. The molecule has 0 bridgehead atoms. The SMILES string of the molecule is O=C(O)c1ccc(CN2CCOC3CCCCC32)cc1F. The normalized spacial score (nSPS) is 26.3. The quantitative estimate of drug-likeness (QED) is 0.931. The molecule has 3 rings (SSSR count). The maximum absolute atomic E-state index is 13.8. The van der Waals surface area contributed by atoms with Gasteiger partial charge in [0.15, 0.2) is 0 Å². The molecule has 2 unspecified atom stereocenters. The molecule has 1 N–H and O–H groups in total. The number of nitrogens with zero attached hydrogens (tertiary/aromatic N) is 1. The van der Waals surface area contributed by atoms with Crippen LogP contribution < -0.4 is 0 Å². The van der Waals surface area contributed by atoms with Crippen LogP contribution in [0.25, 0.3) is 0 Å². The van der Waals surface area contributed by atoms with E-state index in [0.29, 0.717) is 18.7 Å². The number of carboxylic acid groups (broad SMARTS) is 1. The van der Waals surface area contributed by atoms with Gasteiger partial charge in [0.25, 0.3) is 0 Å². The maximum atomic E-state index is 13.8. The number of fused-ring (bicyclic) bond motifs is 1. The molecule has 2 atom stereocenters. The van der Waals surface area contributed by atoms with Gasteiger partial charge in [-0.05, 0) is 30.5 Å². The number of rotatable bonds is 3. The van der Waals surface area contributed by atoms with E-state index in [-0.39, 0.29) is 5.56 Å². The highest BCUT2D eigenvalue weighted by Gasteiger charge is 2.34. The molecular formula is C16H20FNO3. The van der Waals surface area contributed by atoms with Gasteiger partial charge >= 0.3 is 5.97 Å². The molecule has 1 aliphatic heterocycles. The van der Waals surface area contributed by atoms with E-state index in [9.17, 15) is 9.18 Å². The molecule has 4 nitrogen and oxygen atoms in total. The minimum Gasteiger partial charge on any atom is -0.478 e. The Kier molecular flexibility index (Phi) is 4.22. The van der Waals surface area contributed by atoms with Crippen LogP contribution in [0.2, 0.25) is 0 Å². The van der Waals surface area contributed by atoms with Crippen LogP contribution in [0.4, 0.5) is 4.39 Å². The van der Waals surface area contributed by atoms with Gasteiger partial charge in [0.05, 0.1) is 18.3 Å². The molecule has 2 fully saturated rings. The largest absolute Gasteiger partial charge is 0.478 e. The summed E-state index contributed by atoms with van der Waals surface area (Å²) < 4.78 is 19.6. The third-order valence-corrected chi connectivity index (χ3v) is 4.50. The van der Waals surface area contributed by atoms with Crippen LogP contribution in [0.3, 0.4) is 0 Å². The summed E-state index contributed by atoms with van der Waals surface area (Å²) in [5.74, 6) is -1.88. The van der Waals surface area contributed by atoms with Crippen LogP contribution in [0.1, 0.15) is 41.6 Å². The van der Waals surface area contributed by atoms with E-state index < -0.39 is 11.8 Å². The van der Waals surface area contributed by atoms with E-state index in [0.717, 1.165) is 31.6 Å². The first-order valence-corrected chi connectivity index (χ1v) is 7.52. The third-order valence-electron chi connectivity index (χ3n) is 4.50. The Morgan fingerprint density at radius 2 is 2.19 bits per heavy atom. The maximum Gasteiger partial charge on any atom is 0.338 e. The molecule has 1 saturated carbocycles. The Bertz CT molecular complexity index is 532. The lowest BCUT2D eigenvalue weighted by Crippen LogP contribution is -2.52. The third kappa shape index (κ3) is 3.09. The number of ether oxygens (including phenoxy) is 1. The molecule has 1 heterocycles. The fourth-order valence-corrected chi connectivity index (χ4v) is 3.44. The number of carbonyl (C=O) groups is 1. The van der Waals surface area contributed by atoms with Gasteiger partial charge in [-0.1, -0.05) is 18.9 Å². The van der Waals surface area contributed by atoms with Gasteiger partial charge in [-0.2, -0.15) is 0 Å². The summed E-state index contributed by atoms with van der Waals surface area (Å²) in [7, 11) is 0. The molecule has 1 aromatic rings. The second-order valence-electron chi connectivity index (χ2n) is 5.85. The monoisotopic (exact) mass is 293 g/mol. The molecule has 114 valence electrons. The first-order chi connectivity index (χ1) is 10.1. The number of benzene rings is 1. The highest BCUT2D eigenvalue weighted by Crippen LogP contribution is 2.29. The molecule has 1 aliphatic carbocycles. The van der Waals surface area contributed by atoms with Crippen molar-refractivity contribution in [3.05, 3.63) is 35.1 Å². The fraction of sp³-hybridized carbons (Fsp3) is 0.562. The second kappa shape index (κ2) is 6.12. The lowest BCUT2D eigenvalue weighted by molar-refractivity contribution is -0.0911. The van der Waals surface area contributed by atoms with Crippen LogP contribution in [-0.4, -0.2) is 41.3 Å². The molecule has 0 radical (unpaired) electrons. The highest BCUT2D eigenvalue weighted by molar-refractivity contribution is 5.87. The van der Waals surface area contributed by atoms with Crippen LogP contribution in [0, 0.1) is 5.82 Å². The van der Waals surface area contributed by atoms with Crippen molar-refractivity contribution in [2.75, 3.05) is 13.2 Å². The van der Waals surface area contributed by atoms with Gasteiger partial charge in [-0.3, -0.25) is 4.90 Å². The lowest BCUT2D eigenvalue weighted by atomic mass is 9.90. The van der Waals surface area contributed by atoms with Crippen molar-refractivity contribution in [1.29, 1.82) is 0 Å². The summed E-state index contributed by atoms with van der Waals surface area (Å²) in [6.45, 7) is 2.22. The van der Waals surface area contributed by atoms with Gasteiger partial charge in [-0.15, -0.1) is 0 Å². The average Bonchev–Trinajstić information content (AvgIpc) is 2.47. The Morgan fingerprint density at radius 3 is 2.95 bits per heavy atom. The van der Waals surface area contributed by atoms with Gasteiger partial charge in [0.1, 0.15) is 5.82 Å². The summed E-state index contributed by atoms with van der Waals surface area (Å²) in [5, 5.41) is 8.87. The summed E-state index contributed by atoms with van der Waals surface area (Å²) in [4.78, 5) is 13.2. The lowest BCUT2D eigenvalue weighted by Gasteiger charge is -2.43. The Labute approximate surface area is 123 Å². The molecule has 1 aromatic carbocycles. The summed E-state index contributed by atoms with van der Waals surface area (Å²) >= 11 is 0. The smallest absolute Gasteiger partial charge is 0.338 e. The minimum atomic E-state index is -1.22. The number of hydrogen-bond acceptors (Lipinski definition) is 3. The van der Waals surface area contributed by atoms with Gasteiger partial charge in [0.2, 0.25) is 0 Å². The molecule has 0 spiro atoms. The van der Waals surface area contributed by atoms with Gasteiger partial charge in [0, 0.05) is 19.1 Å². The zero-order chi connectivity index (χ0) is 14.8. The molecule has 0 aromatic heterocycles. The zero-order valence-electron chi connectivity index (χ0n) is 11.9. The van der Waals surface area contributed by atoms with Crippen LogP contribution in [0.5, 0.6) is 0 Å². The number of aromatic carboxylic acids is 1. The predicted octanol–water partition coefficient (Wildman–Crippen LogP) is 2.67. The number of morpholine rings is 1. The van der Waals surface area contributed by atoms with Crippen LogP contribution >= 0.6 is 0 Å². The van der Waals surface area contributed by atoms with Crippen molar-refractivity contribution in [2.24, 2.45) is 0 Å². The fourth-order valence-electron chi connectivity index (χ4n) is 3.44. The van der Waals surface area contributed by atoms with Crippen LogP contribution in [0.15, 0.2) is 18.2 Å². The second-order valence-corrected chi connectivity index (χ2v) is 5.85. The van der Waals surface area contributed by atoms with Crippen molar-refractivity contribution in [1.82, 2.24) is 4.90 Å². The summed E-state index contributed by atoms with van der Waals surface area (Å²) in [6.07, 6.45) is 4.97. The molecule has 5 heteroatoms. The first-order valence-electron chi connectivity index (χ1n) is 7.52. The standard InChI is InChI=1S/C16H20FNO3/c17-13-9-11(5-6-12(13)16(19)20)10-18-7-8-21-15-4-2-1-3-14(15)18/h5-6,9,14-15H,1-4,7-8,10H2,(H,19,20). The van der Waals surface area contributed by atoms with E-state index in [4.69, 9.17) is 9.84 Å². The van der Waals surface area contributed by atoms with Gasteiger partial charge < -0.3 is 9.84 Å². The average molecular weight is 293 g/mol. The van der Waals surface area contributed by atoms with Crippen molar-refractivity contribution in [3.63, 3.8) is 0 Å². The molecule has 0 amide bonds.